The van der Waals surface area contributed by atoms with E-state index in [1.165, 1.54) is 35.7 Å². The third-order valence-electron chi connectivity index (χ3n) is 4.63. The number of hydrogen-bond donors (Lipinski definition) is 1. The number of benzene rings is 1. The van der Waals surface area contributed by atoms with Crippen LogP contribution in [0.5, 0.6) is 0 Å². The lowest BCUT2D eigenvalue weighted by Gasteiger charge is -2.39. The standard InChI is InChI=1S/C16H23BrN2/c1-2-18-14-9-15-6-7-16(10-14)19(15)11-12-4-3-5-13(17)8-12/h3-5,8,14-16,18H,2,6-7,9-11H2,1H3. The Morgan fingerprint density at radius 1 is 1.26 bits per heavy atom. The molecule has 1 aromatic rings. The third-order valence-corrected chi connectivity index (χ3v) is 5.12. The second-order valence-corrected chi connectivity index (χ2v) is 6.83. The number of fused-ring (bicyclic) bond motifs is 2. The van der Waals surface area contributed by atoms with Gasteiger partial charge in [-0.3, -0.25) is 4.90 Å². The zero-order valence-corrected chi connectivity index (χ0v) is 13.2. The number of nitrogens with zero attached hydrogens (tertiary/aromatic N) is 1. The van der Waals surface area contributed by atoms with Crippen LogP contribution in [0.2, 0.25) is 0 Å². The van der Waals surface area contributed by atoms with E-state index in [9.17, 15) is 0 Å². The normalized spacial score (nSPS) is 30.7. The molecule has 2 fully saturated rings. The van der Waals surface area contributed by atoms with Crippen molar-refractivity contribution < 1.29 is 0 Å². The highest BCUT2D eigenvalue weighted by Crippen LogP contribution is 2.36. The fourth-order valence-corrected chi connectivity index (χ4v) is 4.28. The second-order valence-electron chi connectivity index (χ2n) is 5.91. The molecule has 0 aromatic heterocycles. The molecule has 1 N–H and O–H groups in total. The van der Waals surface area contributed by atoms with E-state index in [1.54, 1.807) is 0 Å². The van der Waals surface area contributed by atoms with Crippen LogP contribution < -0.4 is 5.32 Å². The van der Waals surface area contributed by atoms with Crippen molar-refractivity contribution in [2.75, 3.05) is 6.54 Å². The van der Waals surface area contributed by atoms with Gasteiger partial charge in [-0.25, -0.2) is 0 Å². The van der Waals surface area contributed by atoms with Crippen LogP contribution in [0.15, 0.2) is 28.7 Å². The first-order chi connectivity index (χ1) is 9.26. The highest BCUT2D eigenvalue weighted by molar-refractivity contribution is 9.10. The molecule has 2 bridgehead atoms. The summed E-state index contributed by atoms with van der Waals surface area (Å²) in [6.45, 7) is 4.44. The molecule has 0 amide bonds. The summed E-state index contributed by atoms with van der Waals surface area (Å²) in [4.78, 5) is 2.75. The first-order valence-electron chi connectivity index (χ1n) is 7.50. The summed E-state index contributed by atoms with van der Waals surface area (Å²) >= 11 is 3.57. The van der Waals surface area contributed by atoms with Gasteiger partial charge in [0.2, 0.25) is 0 Å². The van der Waals surface area contributed by atoms with E-state index >= 15 is 0 Å². The molecular formula is C16H23BrN2. The van der Waals surface area contributed by atoms with Crippen molar-refractivity contribution in [3.05, 3.63) is 34.3 Å². The van der Waals surface area contributed by atoms with Gasteiger partial charge in [0.25, 0.3) is 0 Å². The Labute approximate surface area is 124 Å². The van der Waals surface area contributed by atoms with Gasteiger partial charge in [-0.2, -0.15) is 0 Å². The van der Waals surface area contributed by atoms with Gasteiger partial charge in [-0.15, -0.1) is 0 Å². The molecule has 2 nitrogen and oxygen atoms in total. The first kappa shape index (κ1) is 13.6. The monoisotopic (exact) mass is 322 g/mol. The van der Waals surface area contributed by atoms with Gasteiger partial charge in [0.15, 0.2) is 0 Å². The van der Waals surface area contributed by atoms with Crippen LogP contribution in [0.1, 0.15) is 38.2 Å². The van der Waals surface area contributed by atoms with E-state index in [4.69, 9.17) is 0 Å². The largest absolute Gasteiger partial charge is 0.314 e. The highest BCUT2D eigenvalue weighted by atomic mass is 79.9. The lowest BCUT2D eigenvalue weighted by molar-refractivity contribution is 0.110. The summed E-state index contributed by atoms with van der Waals surface area (Å²) in [6, 6.07) is 11.1. The van der Waals surface area contributed by atoms with Crippen LogP contribution in [-0.2, 0) is 6.54 Å². The van der Waals surface area contributed by atoms with Gasteiger partial charge in [-0.1, -0.05) is 35.0 Å². The summed E-state index contributed by atoms with van der Waals surface area (Å²) in [5, 5.41) is 3.64. The van der Waals surface area contributed by atoms with Gasteiger partial charge in [0.05, 0.1) is 0 Å². The van der Waals surface area contributed by atoms with E-state index in [0.29, 0.717) is 0 Å². The molecule has 0 saturated carbocycles. The summed E-state index contributed by atoms with van der Waals surface area (Å²) in [6.07, 6.45) is 5.44. The van der Waals surface area contributed by atoms with E-state index in [0.717, 1.165) is 31.2 Å². The van der Waals surface area contributed by atoms with E-state index in [2.05, 4.69) is 57.3 Å². The molecule has 2 unspecified atom stereocenters. The van der Waals surface area contributed by atoms with Crippen LogP contribution in [0, 0.1) is 0 Å². The van der Waals surface area contributed by atoms with Crippen LogP contribution in [0.25, 0.3) is 0 Å². The van der Waals surface area contributed by atoms with Crippen molar-refractivity contribution in [1.29, 1.82) is 0 Å². The molecule has 2 heterocycles. The number of halogens is 1. The van der Waals surface area contributed by atoms with Crippen LogP contribution >= 0.6 is 15.9 Å². The van der Waals surface area contributed by atoms with Crippen molar-refractivity contribution in [3.63, 3.8) is 0 Å². The zero-order chi connectivity index (χ0) is 13.2. The maximum atomic E-state index is 3.64. The van der Waals surface area contributed by atoms with Crippen molar-refractivity contribution in [3.8, 4) is 0 Å². The highest BCUT2D eigenvalue weighted by Gasteiger charge is 2.40. The predicted molar refractivity (Wildman–Crippen MR) is 83.2 cm³/mol. The average Bonchev–Trinajstić information content (AvgIpc) is 2.62. The molecule has 1 aromatic carbocycles. The first-order valence-corrected chi connectivity index (χ1v) is 8.29. The maximum Gasteiger partial charge on any atom is 0.0240 e. The van der Waals surface area contributed by atoms with Crippen LogP contribution in [0.3, 0.4) is 0 Å². The quantitative estimate of drug-likeness (QED) is 0.911. The van der Waals surface area contributed by atoms with Gasteiger partial charge in [-0.05, 0) is 49.9 Å². The third kappa shape index (κ3) is 3.04. The number of rotatable bonds is 4. The van der Waals surface area contributed by atoms with E-state index in [-0.39, 0.29) is 0 Å². The molecule has 0 radical (unpaired) electrons. The van der Waals surface area contributed by atoms with Gasteiger partial charge in [0, 0.05) is 29.1 Å². The Bertz CT molecular complexity index is 421. The van der Waals surface area contributed by atoms with Gasteiger partial charge >= 0.3 is 0 Å². The van der Waals surface area contributed by atoms with Crippen molar-refractivity contribution in [2.24, 2.45) is 0 Å². The lowest BCUT2D eigenvalue weighted by atomic mass is 9.96. The molecule has 0 aliphatic carbocycles. The Morgan fingerprint density at radius 2 is 2.00 bits per heavy atom. The molecule has 0 spiro atoms. The van der Waals surface area contributed by atoms with Crippen molar-refractivity contribution in [1.82, 2.24) is 10.2 Å². The fraction of sp³-hybridized carbons (Fsp3) is 0.625. The summed E-state index contributed by atoms with van der Waals surface area (Å²) < 4.78 is 1.19. The summed E-state index contributed by atoms with van der Waals surface area (Å²) in [5.41, 5.74) is 1.44. The molecule has 2 saturated heterocycles. The molecule has 2 aliphatic heterocycles. The van der Waals surface area contributed by atoms with Crippen molar-refractivity contribution >= 4 is 15.9 Å². The minimum absolute atomic E-state index is 0.751. The Kier molecular flexibility index (Phi) is 4.25. The number of piperidine rings is 1. The van der Waals surface area contributed by atoms with E-state index < -0.39 is 0 Å². The van der Waals surface area contributed by atoms with Gasteiger partial charge in [0.1, 0.15) is 0 Å². The van der Waals surface area contributed by atoms with Crippen LogP contribution in [0.4, 0.5) is 0 Å². The number of nitrogens with one attached hydrogen (secondary N) is 1. The van der Waals surface area contributed by atoms with Crippen molar-refractivity contribution in [2.45, 2.75) is 57.3 Å². The molecule has 2 aliphatic rings. The van der Waals surface area contributed by atoms with E-state index in [1.807, 2.05) is 0 Å². The summed E-state index contributed by atoms with van der Waals surface area (Å²) in [5.74, 6) is 0. The summed E-state index contributed by atoms with van der Waals surface area (Å²) in [7, 11) is 0. The Balaban J connectivity index is 1.67. The molecule has 19 heavy (non-hydrogen) atoms. The number of hydrogen-bond acceptors (Lipinski definition) is 2. The van der Waals surface area contributed by atoms with Crippen LogP contribution in [-0.4, -0.2) is 29.6 Å². The topological polar surface area (TPSA) is 15.3 Å². The minimum atomic E-state index is 0.751. The predicted octanol–water partition coefficient (Wildman–Crippen LogP) is 3.55. The Hall–Kier alpha value is -0.380. The molecule has 3 rings (SSSR count). The fourth-order valence-electron chi connectivity index (χ4n) is 3.83. The SMILES string of the molecule is CCNC1CC2CCC(C1)N2Cc1cccc(Br)c1. The smallest absolute Gasteiger partial charge is 0.0240 e. The molecule has 2 atom stereocenters. The minimum Gasteiger partial charge on any atom is -0.314 e. The average molecular weight is 323 g/mol. The molecule has 3 heteroatoms. The van der Waals surface area contributed by atoms with Gasteiger partial charge < -0.3 is 5.32 Å². The molecular weight excluding hydrogens is 300 g/mol. The lowest BCUT2D eigenvalue weighted by Crippen LogP contribution is -2.48. The Morgan fingerprint density at radius 3 is 2.63 bits per heavy atom. The molecule has 104 valence electrons. The second kappa shape index (κ2) is 5.94. The zero-order valence-electron chi connectivity index (χ0n) is 11.6. The maximum absolute atomic E-state index is 3.64.